The molecular weight excluding hydrogens is 298 g/mol. The van der Waals surface area contributed by atoms with E-state index in [1.54, 1.807) is 0 Å². The van der Waals surface area contributed by atoms with Crippen LogP contribution < -0.4 is 5.32 Å². The number of rotatable bonds is 3. The van der Waals surface area contributed by atoms with Gasteiger partial charge in [-0.25, -0.2) is 4.68 Å². The molecule has 0 radical (unpaired) electrons. The molecule has 1 N–H and O–H groups in total. The van der Waals surface area contributed by atoms with Crippen LogP contribution in [0.25, 0.3) is 5.69 Å². The molecule has 1 aromatic heterocycles. The molecule has 1 saturated heterocycles. The van der Waals surface area contributed by atoms with Gasteiger partial charge in [-0.3, -0.25) is 0 Å². The van der Waals surface area contributed by atoms with Crippen LogP contribution in [0.1, 0.15) is 50.4 Å². The first-order chi connectivity index (χ1) is 11.6. The Labute approximate surface area is 144 Å². The molecule has 1 aliphatic heterocycles. The Kier molecular flexibility index (Phi) is 4.19. The highest BCUT2D eigenvalue weighted by atomic mass is 16.5. The minimum Gasteiger partial charge on any atom is -0.381 e. The van der Waals surface area contributed by atoms with E-state index < -0.39 is 0 Å². The molecule has 0 unspecified atom stereocenters. The summed E-state index contributed by atoms with van der Waals surface area (Å²) in [6.45, 7) is 6.50. The number of nitrogens with zero attached hydrogens (tertiary/aromatic N) is 2. The lowest BCUT2D eigenvalue weighted by molar-refractivity contribution is 0.0717. The van der Waals surface area contributed by atoms with E-state index in [2.05, 4.69) is 60.4 Å². The number of benzene rings is 1. The molecule has 0 amide bonds. The van der Waals surface area contributed by atoms with Crippen molar-refractivity contribution in [2.45, 2.75) is 51.6 Å². The van der Waals surface area contributed by atoms with E-state index in [0.717, 1.165) is 44.6 Å². The fraction of sp³-hybridized carbons (Fsp3) is 0.550. The third kappa shape index (κ3) is 3.13. The predicted molar refractivity (Wildman–Crippen MR) is 95.4 cm³/mol. The summed E-state index contributed by atoms with van der Waals surface area (Å²) in [7, 11) is 0. The van der Waals surface area contributed by atoms with Crippen molar-refractivity contribution in [1.82, 2.24) is 15.1 Å². The third-order valence-electron chi connectivity index (χ3n) is 5.34. The Morgan fingerprint density at radius 1 is 1.17 bits per heavy atom. The van der Waals surface area contributed by atoms with Crippen molar-refractivity contribution in [3.8, 4) is 5.69 Å². The maximum atomic E-state index is 5.50. The summed E-state index contributed by atoms with van der Waals surface area (Å²) >= 11 is 0. The van der Waals surface area contributed by atoms with Crippen molar-refractivity contribution >= 4 is 0 Å². The van der Waals surface area contributed by atoms with Gasteiger partial charge in [-0.1, -0.05) is 32.0 Å². The van der Waals surface area contributed by atoms with E-state index in [9.17, 15) is 0 Å². The van der Waals surface area contributed by atoms with Gasteiger partial charge >= 0.3 is 0 Å². The predicted octanol–water partition coefficient (Wildman–Crippen LogP) is 3.65. The second kappa shape index (κ2) is 6.34. The lowest BCUT2D eigenvalue weighted by atomic mass is 9.74. The molecule has 2 aromatic rings. The first-order valence-corrected chi connectivity index (χ1v) is 9.08. The Balaban J connectivity index is 1.65. The van der Waals surface area contributed by atoms with Crippen molar-refractivity contribution in [2.24, 2.45) is 5.41 Å². The van der Waals surface area contributed by atoms with Crippen LogP contribution in [-0.2, 0) is 11.2 Å². The zero-order chi connectivity index (χ0) is 16.6. The molecule has 128 valence electrons. The number of para-hydroxylation sites is 1. The summed E-state index contributed by atoms with van der Waals surface area (Å²) in [4.78, 5) is 0. The maximum Gasteiger partial charge on any atom is 0.0648 e. The monoisotopic (exact) mass is 325 g/mol. The summed E-state index contributed by atoms with van der Waals surface area (Å²) in [5.74, 6) is 0. The quantitative estimate of drug-likeness (QED) is 0.936. The van der Waals surface area contributed by atoms with E-state index in [1.807, 2.05) is 0 Å². The summed E-state index contributed by atoms with van der Waals surface area (Å²) in [6.07, 6.45) is 6.54. The highest BCUT2D eigenvalue weighted by Gasteiger charge is 2.36. The van der Waals surface area contributed by atoms with Gasteiger partial charge < -0.3 is 10.1 Å². The standard InChI is InChI=1S/C20H27N3O/c1-20(2)12-18(22-15-8-10-24-11-9-15)17-14-21-23(19(17)13-20)16-6-4-3-5-7-16/h3-7,14-15,18,22H,8-13H2,1-2H3/t18-/m0/s1. The van der Waals surface area contributed by atoms with Crippen molar-refractivity contribution in [3.63, 3.8) is 0 Å². The first-order valence-electron chi connectivity index (χ1n) is 9.08. The largest absolute Gasteiger partial charge is 0.381 e. The van der Waals surface area contributed by atoms with Gasteiger partial charge in [-0.2, -0.15) is 5.10 Å². The van der Waals surface area contributed by atoms with Gasteiger partial charge in [0.1, 0.15) is 0 Å². The van der Waals surface area contributed by atoms with Crippen molar-refractivity contribution in [3.05, 3.63) is 47.8 Å². The summed E-state index contributed by atoms with van der Waals surface area (Å²) in [5.41, 5.74) is 4.18. The zero-order valence-corrected chi connectivity index (χ0v) is 14.7. The molecule has 4 nitrogen and oxygen atoms in total. The van der Waals surface area contributed by atoms with Crippen LogP contribution >= 0.6 is 0 Å². The fourth-order valence-electron chi connectivity index (χ4n) is 4.13. The van der Waals surface area contributed by atoms with Gasteiger partial charge in [0.2, 0.25) is 0 Å². The number of hydrogen-bond acceptors (Lipinski definition) is 3. The van der Waals surface area contributed by atoms with Crippen molar-refractivity contribution < 1.29 is 4.74 Å². The molecule has 0 bridgehead atoms. The molecule has 4 rings (SSSR count). The Bertz CT molecular complexity index is 686. The number of fused-ring (bicyclic) bond motifs is 1. The Morgan fingerprint density at radius 2 is 1.92 bits per heavy atom. The second-order valence-corrected chi connectivity index (χ2v) is 7.94. The van der Waals surface area contributed by atoms with Gasteiger partial charge in [-0.15, -0.1) is 0 Å². The number of ether oxygens (including phenoxy) is 1. The molecule has 4 heteroatoms. The molecule has 2 aliphatic rings. The molecule has 0 saturated carbocycles. The van der Waals surface area contributed by atoms with Crippen molar-refractivity contribution in [2.75, 3.05) is 13.2 Å². The lowest BCUT2D eigenvalue weighted by Gasteiger charge is -2.38. The van der Waals surface area contributed by atoms with Crippen LogP contribution in [-0.4, -0.2) is 29.0 Å². The van der Waals surface area contributed by atoms with Crippen LogP contribution in [0.2, 0.25) is 0 Å². The number of nitrogens with one attached hydrogen (secondary N) is 1. The van der Waals surface area contributed by atoms with Gasteiger partial charge in [0.05, 0.1) is 11.9 Å². The van der Waals surface area contributed by atoms with Gasteiger partial charge in [0.15, 0.2) is 0 Å². The first kappa shape index (κ1) is 15.9. The van der Waals surface area contributed by atoms with Gasteiger partial charge in [0, 0.05) is 36.6 Å². The highest BCUT2D eigenvalue weighted by Crippen LogP contribution is 2.41. The van der Waals surface area contributed by atoms with E-state index in [0.29, 0.717) is 12.1 Å². The molecule has 1 fully saturated rings. The van der Waals surface area contributed by atoms with E-state index in [4.69, 9.17) is 9.84 Å². The maximum absolute atomic E-state index is 5.50. The van der Waals surface area contributed by atoms with Crippen LogP contribution in [0.15, 0.2) is 36.5 Å². The topological polar surface area (TPSA) is 39.1 Å². The lowest BCUT2D eigenvalue weighted by Crippen LogP contribution is -2.41. The van der Waals surface area contributed by atoms with Crippen LogP contribution in [0.3, 0.4) is 0 Å². The normalized spacial score (nSPS) is 23.8. The minimum absolute atomic E-state index is 0.280. The second-order valence-electron chi connectivity index (χ2n) is 7.94. The van der Waals surface area contributed by atoms with Crippen molar-refractivity contribution in [1.29, 1.82) is 0 Å². The molecule has 0 spiro atoms. The van der Waals surface area contributed by atoms with E-state index in [-0.39, 0.29) is 5.41 Å². The van der Waals surface area contributed by atoms with Gasteiger partial charge in [-0.05, 0) is 43.2 Å². The minimum atomic E-state index is 0.280. The Morgan fingerprint density at radius 3 is 2.67 bits per heavy atom. The molecule has 1 aromatic carbocycles. The molecule has 24 heavy (non-hydrogen) atoms. The Hall–Kier alpha value is -1.65. The molecule has 1 aliphatic carbocycles. The van der Waals surface area contributed by atoms with Crippen LogP contribution in [0, 0.1) is 5.41 Å². The van der Waals surface area contributed by atoms with Crippen LogP contribution in [0.4, 0.5) is 0 Å². The van der Waals surface area contributed by atoms with E-state index >= 15 is 0 Å². The number of aromatic nitrogens is 2. The zero-order valence-electron chi connectivity index (χ0n) is 14.7. The molecular formula is C20H27N3O. The molecule has 2 heterocycles. The average Bonchev–Trinajstić information content (AvgIpc) is 2.99. The summed E-state index contributed by atoms with van der Waals surface area (Å²) in [5, 5.41) is 8.63. The number of hydrogen-bond donors (Lipinski definition) is 1. The smallest absolute Gasteiger partial charge is 0.0648 e. The fourth-order valence-corrected chi connectivity index (χ4v) is 4.13. The highest BCUT2D eigenvalue weighted by molar-refractivity contribution is 5.37. The summed E-state index contributed by atoms with van der Waals surface area (Å²) < 4.78 is 7.64. The third-order valence-corrected chi connectivity index (χ3v) is 5.34. The van der Waals surface area contributed by atoms with Gasteiger partial charge in [0.25, 0.3) is 0 Å². The molecule has 1 atom stereocenters. The van der Waals surface area contributed by atoms with Crippen LogP contribution in [0.5, 0.6) is 0 Å². The SMILES string of the molecule is CC1(C)Cc2c(cnn2-c2ccccc2)[C@@H](NC2CCOCC2)C1. The average molecular weight is 325 g/mol. The summed E-state index contributed by atoms with van der Waals surface area (Å²) in [6, 6.07) is 11.4. The van der Waals surface area contributed by atoms with E-state index in [1.165, 1.54) is 11.3 Å².